The molecule has 9 nitrogen and oxygen atoms in total. The fraction of sp³-hybridized carbons (Fsp3) is 0.667. The van der Waals surface area contributed by atoms with Gasteiger partial charge in [0, 0.05) is 19.1 Å². The van der Waals surface area contributed by atoms with Crippen molar-refractivity contribution in [2.45, 2.75) is 57.4 Å². The van der Waals surface area contributed by atoms with Crippen molar-refractivity contribution in [2.75, 3.05) is 19.7 Å². The molecule has 2 fully saturated rings. The Morgan fingerprint density at radius 1 is 1.29 bits per heavy atom. The molecule has 0 radical (unpaired) electrons. The van der Waals surface area contributed by atoms with E-state index in [1.54, 1.807) is 19.9 Å². The molecule has 1 heterocycles. The Kier molecular flexibility index (Phi) is 6.20. The summed E-state index contributed by atoms with van der Waals surface area (Å²) in [5.41, 5.74) is 0.899. The Hall–Kier alpha value is -2.20. The van der Waals surface area contributed by atoms with Crippen LogP contribution in [0, 0.1) is 17.8 Å². The summed E-state index contributed by atoms with van der Waals surface area (Å²) in [7, 11) is -3.62. The maximum atomic E-state index is 12.8. The van der Waals surface area contributed by atoms with Gasteiger partial charge in [0.15, 0.2) is 6.61 Å². The SMILES string of the molecule is CCN(CC)S(=O)(=O)c1ccc2nnn(OCC(=O)NC(C)C3CC4CCC3C4)c2c1. The second-order valence-electron chi connectivity index (χ2n) is 8.67. The molecule has 4 rings (SSSR count). The first-order valence-corrected chi connectivity index (χ1v) is 12.6. The third-order valence-electron chi connectivity index (χ3n) is 6.87. The first kappa shape index (κ1) is 22.0. The van der Waals surface area contributed by atoms with E-state index in [0.717, 1.165) is 16.7 Å². The van der Waals surface area contributed by atoms with Crippen LogP contribution in [-0.2, 0) is 14.8 Å². The molecule has 2 aromatic rings. The van der Waals surface area contributed by atoms with Crippen molar-refractivity contribution in [3.63, 3.8) is 0 Å². The summed E-state index contributed by atoms with van der Waals surface area (Å²) < 4.78 is 27.0. The molecule has 1 aromatic heterocycles. The highest BCUT2D eigenvalue weighted by molar-refractivity contribution is 7.89. The molecule has 0 spiro atoms. The number of aromatic nitrogens is 3. The molecule has 31 heavy (non-hydrogen) atoms. The zero-order valence-electron chi connectivity index (χ0n) is 18.3. The van der Waals surface area contributed by atoms with E-state index in [1.807, 2.05) is 0 Å². The lowest BCUT2D eigenvalue weighted by atomic mass is 9.84. The zero-order valence-corrected chi connectivity index (χ0v) is 19.1. The van der Waals surface area contributed by atoms with Crippen LogP contribution in [0.3, 0.4) is 0 Å². The molecular formula is C21H31N5O4S. The fourth-order valence-electron chi connectivity index (χ4n) is 5.28. The molecule has 1 aromatic carbocycles. The Morgan fingerprint density at radius 3 is 2.71 bits per heavy atom. The highest BCUT2D eigenvalue weighted by atomic mass is 32.2. The largest absolute Gasteiger partial charge is 0.385 e. The summed E-state index contributed by atoms with van der Waals surface area (Å²) in [5.74, 6) is 1.88. The highest BCUT2D eigenvalue weighted by Crippen LogP contribution is 2.49. The predicted octanol–water partition coefficient (Wildman–Crippen LogP) is 1.83. The lowest BCUT2D eigenvalue weighted by Gasteiger charge is -2.28. The van der Waals surface area contributed by atoms with E-state index in [4.69, 9.17) is 4.84 Å². The van der Waals surface area contributed by atoms with Crippen molar-refractivity contribution in [2.24, 2.45) is 17.8 Å². The van der Waals surface area contributed by atoms with Crippen LogP contribution in [0.1, 0.15) is 46.5 Å². The standard InChI is InChI=1S/C21H31N5O4S/c1-4-25(5-2)31(28,29)17-8-9-19-20(12-17)26(24-23-19)30-13-21(27)22-14(3)18-11-15-6-7-16(18)10-15/h8-9,12,14-16,18H,4-7,10-11,13H2,1-3H3,(H,22,27). The molecule has 1 amide bonds. The van der Waals surface area contributed by atoms with Crippen LogP contribution in [0.4, 0.5) is 0 Å². The maximum absolute atomic E-state index is 12.8. The minimum Gasteiger partial charge on any atom is -0.385 e. The van der Waals surface area contributed by atoms with E-state index < -0.39 is 10.0 Å². The molecule has 2 aliphatic carbocycles. The fourth-order valence-corrected chi connectivity index (χ4v) is 6.75. The summed E-state index contributed by atoms with van der Waals surface area (Å²) in [5, 5.41) is 11.0. The topological polar surface area (TPSA) is 106 Å². The first-order chi connectivity index (χ1) is 14.8. The van der Waals surface area contributed by atoms with Crippen LogP contribution in [0.15, 0.2) is 23.1 Å². The van der Waals surface area contributed by atoms with Crippen molar-refractivity contribution in [1.82, 2.24) is 24.8 Å². The lowest BCUT2D eigenvalue weighted by molar-refractivity contribution is -0.127. The second kappa shape index (κ2) is 8.74. The maximum Gasteiger partial charge on any atom is 0.260 e. The summed E-state index contributed by atoms with van der Waals surface area (Å²) in [4.78, 5) is 19.3. The van der Waals surface area contributed by atoms with Gasteiger partial charge in [-0.25, -0.2) is 8.42 Å². The van der Waals surface area contributed by atoms with Crippen LogP contribution >= 0.6 is 0 Å². The van der Waals surface area contributed by atoms with Gasteiger partial charge in [-0.3, -0.25) is 4.79 Å². The number of rotatable bonds is 9. The van der Waals surface area contributed by atoms with E-state index >= 15 is 0 Å². The van der Waals surface area contributed by atoms with Crippen molar-refractivity contribution in [3.05, 3.63) is 18.2 Å². The molecule has 0 aliphatic heterocycles. The number of nitrogens with zero attached hydrogens (tertiary/aromatic N) is 4. The Labute approximate surface area is 183 Å². The number of hydrogen-bond acceptors (Lipinski definition) is 6. The summed E-state index contributed by atoms with van der Waals surface area (Å²) in [6.45, 7) is 6.21. The van der Waals surface area contributed by atoms with Gasteiger partial charge in [0.1, 0.15) is 11.0 Å². The molecule has 0 saturated heterocycles. The van der Waals surface area contributed by atoms with Gasteiger partial charge in [0.25, 0.3) is 5.91 Å². The van der Waals surface area contributed by atoms with E-state index in [0.29, 0.717) is 30.0 Å². The number of fused-ring (bicyclic) bond motifs is 3. The monoisotopic (exact) mass is 449 g/mol. The number of carbonyl (C=O) groups excluding carboxylic acids is 1. The number of benzene rings is 1. The van der Waals surface area contributed by atoms with Gasteiger partial charge >= 0.3 is 0 Å². The van der Waals surface area contributed by atoms with E-state index in [-0.39, 0.29) is 23.5 Å². The Balaban J connectivity index is 1.42. The Bertz CT molecular complexity index is 1050. The van der Waals surface area contributed by atoms with Gasteiger partial charge in [-0.2, -0.15) is 4.31 Å². The molecule has 2 aliphatic rings. The van der Waals surface area contributed by atoms with Crippen molar-refractivity contribution < 1.29 is 18.0 Å². The van der Waals surface area contributed by atoms with Gasteiger partial charge in [-0.15, -0.1) is 5.10 Å². The number of amides is 1. The zero-order chi connectivity index (χ0) is 22.2. The van der Waals surface area contributed by atoms with E-state index in [1.165, 1.54) is 42.1 Å². The smallest absolute Gasteiger partial charge is 0.260 e. The second-order valence-corrected chi connectivity index (χ2v) is 10.6. The molecule has 2 saturated carbocycles. The van der Waals surface area contributed by atoms with Gasteiger partial charge in [-0.1, -0.05) is 25.1 Å². The number of hydrogen-bond donors (Lipinski definition) is 1. The van der Waals surface area contributed by atoms with Gasteiger partial charge in [0.2, 0.25) is 10.0 Å². The van der Waals surface area contributed by atoms with Gasteiger partial charge < -0.3 is 10.2 Å². The molecular weight excluding hydrogens is 418 g/mol. The van der Waals surface area contributed by atoms with Crippen LogP contribution < -0.4 is 10.2 Å². The molecule has 2 bridgehead atoms. The van der Waals surface area contributed by atoms with Crippen molar-refractivity contribution >= 4 is 27.0 Å². The average Bonchev–Trinajstić information content (AvgIpc) is 3.48. The van der Waals surface area contributed by atoms with Crippen LogP contribution in [0.2, 0.25) is 0 Å². The molecule has 170 valence electrons. The number of carbonyl (C=O) groups is 1. The first-order valence-electron chi connectivity index (χ1n) is 11.1. The van der Waals surface area contributed by atoms with Crippen LogP contribution in [0.25, 0.3) is 11.0 Å². The van der Waals surface area contributed by atoms with Gasteiger partial charge in [0.05, 0.1) is 4.90 Å². The van der Waals surface area contributed by atoms with Crippen LogP contribution in [0.5, 0.6) is 0 Å². The van der Waals surface area contributed by atoms with Gasteiger partial charge in [-0.05, 0) is 67.4 Å². The average molecular weight is 450 g/mol. The minimum atomic E-state index is -3.62. The predicted molar refractivity (Wildman–Crippen MR) is 116 cm³/mol. The number of sulfonamides is 1. The molecule has 4 unspecified atom stereocenters. The molecule has 4 atom stereocenters. The normalized spacial score (nSPS) is 24.1. The Morgan fingerprint density at radius 2 is 2.06 bits per heavy atom. The number of nitrogens with one attached hydrogen (secondary N) is 1. The quantitative estimate of drug-likeness (QED) is 0.626. The third-order valence-corrected chi connectivity index (χ3v) is 8.92. The minimum absolute atomic E-state index is 0.115. The van der Waals surface area contributed by atoms with E-state index in [9.17, 15) is 13.2 Å². The summed E-state index contributed by atoms with van der Waals surface area (Å²) >= 11 is 0. The van der Waals surface area contributed by atoms with E-state index in [2.05, 4.69) is 22.6 Å². The highest BCUT2D eigenvalue weighted by Gasteiger charge is 2.42. The molecule has 1 N–H and O–H groups in total. The van der Waals surface area contributed by atoms with Crippen molar-refractivity contribution in [3.8, 4) is 0 Å². The van der Waals surface area contributed by atoms with Crippen LogP contribution in [-0.4, -0.2) is 59.5 Å². The lowest BCUT2D eigenvalue weighted by Crippen LogP contribution is -2.43. The summed E-state index contributed by atoms with van der Waals surface area (Å²) in [6.07, 6.45) is 5.10. The van der Waals surface area contributed by atoms with Crippen molar-refractivity contribution in [1.29, 1.82) is 0 Å². The molecule has 10 heteroatoms. The third kappa shape index (κ3) is 4.27. The summed E-state index contributed by atoms with van der Waals surface area (Å²) in [6, 6.07) is 4.71.